The van der Waals surface area contributed by atoms with E-state index in [1.54, 1.807) is 7.11 Å². The summed E-state index contributed by atoms with van der Waals surface area (Å²) in [5.41, 5.74) is 7.46. The topological polar surface area (TPSA) is 35.2 Å². The predicted octanol–water partition coefficient (Wildman–Crippen LogP) is 4.69. The van der Waals surface area contributed by atoms with Crippen LogP contribution in [0, 0.1) is 0 Å². The molecular weight excluding hydrogens is 302 g/mol. The minimum atomic E-state index is 0.241. The fraction of sp³-hybridized carbons (Fsp3) is 0.625. The second-order valence-corrected chi connectivity index (χ2v) is 5.98. The summed E-state index contributed by atoms with van der Waals surface area (Å²) in [6.07, 6.45) is 8.54. The molecule has 0 fully saturated rings. The van der Waals surface area contributed by atoms with Gasteiger partial charge < -0.3 is 10.5 Å². The molecule has 1 aromatic carbocycles. The van der Waals surface area contributed by atoms with Gasteiger partial charge in [0.05, 0.1) is 7.11 Å². The highest BCUT2D eigenvalue weighted by molar-refractivity contribution is 9.10. The van der Waals surface area contributed by atoms with E-state index in [0.29, 0.717) is 0 Å². The zero-order chi connectivity index (χ0) is 14.1. The van der Waals surface area contributed by atoms with Gasteiger partial charge in [0.15, 0.2) is 0 Å². The first-order chi connectivity index (χ1) is 9.17. The van der Waals surface area contributed by atoms with Gasteiger partial charge in [0.1, 0.15) is 5.75 Å². The van der Waals surface area contributed by atoms with Gasteiger partial charge in [-0.1, -0.05) is 55.0 Å². The molecule has 0 amide bonds. The minimum absolute atomic E-state index is 0.241. The summed E-state index contributed by atoms with van der Waals surface area (Å²) in [5.74, 6) is 0.897. The molecule has 0 spiro atoms. The van der Waals surface area contributed by atoms with Crippen molar-refractivity contribution in [2.75, 3.05) is 7.11 Å². The number of rotatable bonds is 9. The minimum Gasteiger partial charge on any atom is -0.497 e. The predicted molar refractivity (Wildman–Crippen MR) is 85.7 cm³/mol. The van der Waals surface area contributed by atoms with Crippen LogP contribution in [0.1, 0.15) is 51.0 Å². The van der Waals surface area contributed by atoms with Crippen LogP contribution in [0.2, 0.25) is 0 Å². The van der Waals surface area contributed by atoms with Crippen LogP contribution in [0.25, 0.3) is 0 Å². The average Bonchev–Trinajstić information content (AvgIpc) is 2.41. The van der Waals surface area contributed by atoms with Gasteiger partial charge in [-0.25, -0.2) is 0 Å². The van der Waals surface area contributed by atoms with Crippen molar-refractivity contribution < 1.29 is 4.74 Å². The fourth-order valence-corrected chi connectivity index (χ4v) is 2.64. The van der Waals surface area contributed by atoms with Crippen LogP contribution < -0.4 is 10.5 Å². The molecule has 1 atom stereocenters. The zero-order valence-electron chi connectivity index (χ0n) is 12.1. The largest absolute Gasteiger partial charge is 0.497 e. The number of unbranched alkanes of at least 4 members (excludes halogenated alkanes) is 4. The molecule has 0 heterocycles. The van der Waals surface area contributed by atoms with Gasteiger partial charge in [-0.05, 0) is 36.6 Å². The van der Waals surface area contributed by atoms with Crippen molar-refractivity contribution in [2.45, 2.75) is 57.9 Å². The van der Waals surface area contributed by atoms with Crippen LogP contribution >= 0.6 is 15.9 Å². The number of ether oxygens (including phenoxy) is 1. The monoisotopic (exact) mass is 327 g/mol. The van der Waals surface area contributed by atoms with Crippen LogP contribution in [0.15, 0.2) is 22.7 Å². The van der Waals surface area contributed by atoms with E-state index in [2.05, 4.69) is 28.9 Å². The van der Waals surface area contributed by atoms with E-state index in [1.165, 1.54) is 37.7 Å². The van der Waals surface area contributed by atoms with Crippen molar-refractivity contribution in [1.82, 2.24) is 0 Å². The number of methoxy groups -OCH3 is 1. The molecule has 0 aliphatic heterocycles. The van der Waals surface area contributed by atoms with Gasteiger partial charge in [0.25, 0.3) is 0 Å². The molecule has 0 radical (unpaired) electrons. The van der Waals surface area contributed by atoms with Crippen LogP contribution in [0.3, 0.4) is 0 Å². The Kier molecular flexibility index (Phi) is 8.15. The van der Waals surface area contributed by atoms with Crippen molar-refractivity contribution >= 4 is 15.9 Å². The Bertz CT molecular complexity index is 368. The summed E-state index contributed by atoms with van der Waals surface area (Å²) in [7, 11) is 1.70. The first-order valence-corrected chi connectivity index (χ1v) is 8.04. The van der Waals surface area contributed by atoms with Crippen LogP contribution in [0.4, 0.5) is 0 Å². The van der Waals surface area contributed by atoms with E-state index >= 15 is 0 Å². The molecule has 0 aromatic heterocycles. The molecule has 2 N–H and O–H groups in total. The Morgan fingerprint density at radius 2 is 1.95 bits per heavy atom. The molecule has 108 valence electrons. The highest BCUT2D eigenvalue weighted by atomic mass is 79.9. The molecule has 1 aromatic rings. The van der Waals surface area contributed by atoms with Crippen molar-refractivity contribution in [1.29, 1.82) is 0 Å². The van der Waals surface area contributed by atoms with Crippen LogP contribution in [0.5, 0.6) is 5.75 Å². The van der Waals surface area contributed by atoms with Crippen molar-refractivity contribution in [3.05, 3.63) is 28.2 Å². The number of benzene rings is 1. The van der Waals surface area contributed by atoms with E-state index in [9.17, 15) is 0 Å². The maximum absolute atomic E-state index is 6.22. The van der Waals surface area contributed by atoms with E-state index in [-0.39, 0.29) is 6.04 Å². The van der Waals surface area contributed by atoms with Gasteiger partial charge in [-0.2, -0.15) is 0 Å². The van der Waals surface area contributed by atoms with Gasteiger partial charge in [0.2, 0.25) is 0 Å². The lowest BCUT2D eigenvalue weighted by Gasteiger charge is -2.13. The lowest BCUT2D eigenvalue weighted by atomic mass is 10.0. The smallest absolute Gasteiger partial charge is 0.119 e. The number of nitrogens with two attached hydrogens (primary N) is 1. The molecule has 0 saturated carbocycles. The third-order valence-corrected chi connectivity index (χ3v) is 4.19. The van der Waals surface area contributed by atoms with Crippen LogP contribution in [-0.2, 0) is 6.42 Å². The van der Waals surface area contributed by atoms with Crippen LogP contribution in [-0.4, -0.2) is 13.2 Å². The van der Waals surface area contributed by atoms with Gasteiger partial charge in [0, 0.05) is 10.5 Å². The van der Waals surface area contributed by atoms with E-state index in [1.807, 2.05) is 12.1 Å². The molecule has 3 heteroatoms. The number of hydrogen-bond donors (Lipinski definition) is 1. The Hall–Kier alpha value is -0.540. The lowest BCUT2D eigenvalue weighted by molar-refractivity contribution is 0.414. The highest BCUT2D eigenvalue weighted by Gasteiger charge is 2.08. The first-order valence-electron chi connectivity index (χ1n) is 7.25. The van der Waals surface area contributed by atoms with E-state index in [0.717, 1.165) is 23.1 Å². The Morgan fingerprint density at radius 3 is 2.63 bits per heavy atom. The normalized spacial score (nSPS) is 12.4. The standard InChI is InChI=1S/C16H26BrNO/c1-3-4-5-6-7-8-14(18)11-13-12-15(19-2)9-10-16(13)17/h9-10,12,14H,3-8,11,18H2,1-2H3. The molecule has 2 nitrogen and oxygen atoms in total. The fourth-order valence-electron chi connectivity index (χ4n) is 2.23. The van der Waals surface area contributed by atoms with E-state index in [4.69, 9.17) is 10.5 Å². The summed E-state index contributed by atoms with van der Waals surface area (Å²) in [6.45, 7) is 2.24. The molecular formula is C16H26BrNO. The summed E-state index contributed by atoms with van der Waals surface area (Å²) in [5, 5.41) is 0. The second-order valence-electron chi connectivity index (χ2n) is 5.12. The van der Waals surface area contributed by atoms with Crippen molar-refractivity contribution in [2.24, 2.45) is 5.73 Å². The third-order valence-electron chi connectivity index (χ3n) is 3.41. The summed E-state index contributed by atoms with van der Waals surface area (Å²) in [6, 6.07) is 6.30. The maximum atomic E-state index is 6.22. The summed E-state index contributed by atoms with van der Waals surface area (Å²) >= 11 is 3.58. The lowest BCUT2D eigenvalue weighted by Crippen LogP contribution is -2.22. The van der Waals surface area contributed by atoms with Crippen molar-refractivity contribution in [3.63, 3.8) is 0 Å². The Balaban J connectivity index is 2.37. The SMILES string of the molecule is CCCCCCCC(N)Cc1cc(OC)ccc1Br. The first kappa shape index (κ1) is 16.5. The molecule has 1 rings (SSSR count). The number of halogens is 1. The molecule has 0 aliphatic carbocycles. The quantitative estimate of drug-likeness (QED) is 0.668. The summed E-state index contributed by atoms with van der Waals surface area (Å²) < 4.78 is 6.38. The number of hydrogen-bond acceptors (Lipinski definition) is 2. The molecule has 1 unspecified atom stereocenters. The average molecular weight is 328 g/mol. The van der Waals surface area contributed by atoms with Crippen molar-refractivity contribution in [3.8, 4) is 5.75 Å². The summed E-state index contributed by atoms with van der Waals surface area (Å²) in [4.78, 5) is 0. The maximum Gasteiger partial charge on any atom is 0.119 e. The molecule has 0 bridgehead atoms. The zero-order valence-corrected chi connectivity index (χ0v) is 13.7. The Morgan fingerprint density at radius 1 is 1.21 bits per heavy atom. The second kappa shape index (κ2) is 9.38. The van der Waals surface area contributed by atoms with Gasteiger partial charge >= 0.3 is 0 Å². The van der Waals surface area contributed by atoms with Gasteiger partial charge in [-0.15, -0.1) is 0 Å². The molecule has 0 aliphatic rings. The molecule has 19 heavy (non-hydrogen) atoms. The van der Waals surface area contributed by atoms with E-state index < -0.39 is 0 Å². The highest BCUT2D eigenvalue weighted by Crippen LogP contribution is 2.24. The Labute approximate surface area is 125 Å². The molecule has 0 saturated heterocycles. The van der Waals surface area contributed by atoms with Gasteiger partial charge in [-0.3, -0.25) is 0 Å². The third kappa shape index (κ3) is 6.44.